The summed E-state index contributed by atoms with van der Waals surface area (Å²) in [6.45, 7) is 8.32. The van der Waals surface area contributed by atoms with Gasteiger partial charge >= 0.3 is 0 Å². The smallest absolute Gasteiger partial charge is 0.194 e. The lowest BCUT2D eigenvalue weighted by molar-refractivity contribution is -0.0817. The van der Waals surface area contributed by atoms with Crippen LogP contribution in [0.3, 0.4) is 0 Å². The highest BCUT2D eigenvalue weighted by atomic mass is 127. The molecule has 1 aromatic carbocycles. The van der Waals surface area contributed by atoms with Crippen LogP contribution in [0, 0.1) is 12.7 Å². The lowest BCUT2D eigenvalue weighted by Crippen LogP contribution is -2.53. The monoisotopic (exact) mass is 477 g/mol. The number of ether oxygens (including phenoxy) is 2. The fourth-order valence-electron chi connectivity index (χ4n) is 3.39. The molecule has 0 radical (unpaired) electrons. The molecule has 26 heavy (non-hydrogen) atoms. The van der Waals surface area contributed by atoms with Crippen LogP contribution in [0.25, 0.3) is 0 Å². The Morgan fingerprint density at radius 1 is 1.31 bits per heavy atom. The number of nitrogens with zero attached hydrogens (tertiary/aromatic N) is 2. The van der Waals surface area contributed by atoms with Gasteiger partial charge in [0.25, 0.3) is 0 Å². The average molecular weight is 477 g/mol. The second-order valence-electron chi connectivity index (χ2n) is 6.66. The predicted molar refractivity (Wildman–Crippen MR) is 112 cm³/mol. The average Bonchev–Trinajstić information content (AvgIpc) is 3.16. The Hall–Kier alpha value is -0.930. The van der Waals surface area contributed by atoms with E-state index in [0.29, 0.717) is 18.7 Å². The van der Waals surface area contributed by atoms with E-state index in [1.807, 2.05) is 6.07 Å². The van der Waals surface area contributed by atoms with Gasteiger partial charge in [-0.25, -0.2) is 9.38 Å². The number of benzene rings is 1. The van der Waals surface area contributed by atoms with Crippen LogP contribution in [0.1, 0.15) is 30.9 Å². The third kappa shape index (κ3) is 5.53. The van der Waals surface area contributed by atoms with Crippen molar-refractivity contribution in [1.82, 2.24) is 10.2 Å². The highest BCUT2D eigenvalue weighted by Gasteiger charge is 2.32. The minimum absolute atomic E-state index is 0. The maximum atomic E-state index is 13.4. The second-order valence-corrected chi connectivity index (χ2v) is 6.66. The van der Waals surface area contributed by atoms with Gasteiger partial charge in [-0.05, 0) is 43.9 Å². The normalized spacial score (nSPS) is 23.7. The highest BCUT2D eigenvalue weighted by molar-refractivity contribution is 14.0. The molecule has 0 amide bonds. The predicted octanol–water partition coefficient (Wildman–Crippen LogP) is 3.10. The molecule has 2 aliphatic rings. The molecule has 7 heteroatoms. The number of hydrogen-bond acceptors (Lipinski definition) is 3. The molecular weight excluding hydrogens is 448 g/mol. The summed E-state index contributed by atoms with van der Waals surface area (Å²) in [6.07, 6.45) is 2.49. The molecule has 0 bridgehead atoms. The first-order valence-electron chi connectivity index (χ1n) is 9.19. The topological polar surface area (TPSA) is 46.1 Å². The van der Waals surface area contributed by atoms with Gasteiger partial charge < -0.3 is 19.7 Å². The summed E-state index contributed by atoms with van der Waals surface area (Å²) in [5.74, 6) is 0.711. The third-order valence-corrected chi connectivity index (χ3v) is 4.74. The summed E-state index contributed by atoms with van der Waals surface area (Å²) < 4.78 is 25.1. The van der Waals surface area contributed by atoms with E-state index in [1.165, 1.54) is 6.07 Å². The number of nitrogens with one attached hydrogen (secondary N) is 1. The van der Waals surface area contributed by atoms with Gasteiger partial charge in [-0.15, -0.1) is 24.0 Å². The Morgan fingerprint density at radius 3 is 2.81 bits per heavy atom. The summed E-state index contributed by atoms with van der Waals surface area (Å²) in [5, 5.41) is 3.37. The molecule has 2 fully saturated rings. The van der Waals surface area contributed by atoms with Gasteiger partial charge in [-0.1, -0.05) is 12.1 Å². The van der Waals surface area contributed by atoms with Crippen LogP contribution in [0.15, 0.2) is 23.2 Å². The van der Waals surface area contributed by atoms with Gasteiger partial charge in [0, 0.05) is 26.2 Å². The molecule has 146 valence electrons. The Balaban J connectivity index is 0.00000243. The molecule has 2 heterocycles. The molecule has 3 rings (SSSR count). The van der Waals surface area contributed by atoms with Gasteiger partial charge in [-0.2, -0.15) is 0 Å². The summed E-state index contributed by atoms with van der Waals surface area (Å²) in [4.78, 5) is 7.00. The first-order chi connectivity index (χ1) is 12.2. The van der Waals surface area contributed by atoms with E-state index in [1.54, 1.807) is 13.0 Å². The van der Waals surface area contributed by atoms with Crippen LogP contribution in [0.4, 0.5) is 4.39 Å². The number of rotatable bonds is 4. The fourth-order valence-corrected chi connectivity index (χ4v) is 3.39. The maximum absolute atomic E-state index is 13.4. The molecular formula is C19H29FIN3O2. The highest BCUT2D eigenvalue weighted by Crippen LogP contribution is 2.21. The van der Waals surface area contributed by atoms with Gasteiger partial charge in [0.1, 0.15) is 11.9 Å². The zero-order valence-electron chi connectivity index (χ0n) is 15.5. The summed E-state index contributed by atoms with van der Waals surface area (Å²) in [6, 6.07) is 5.16. The number of morpholine rings is 1. The van der Waals surface area contributed by atoms with Gasteiger partial charge in [0.05, 0.1) is 19.3 Å². The number of halogens is 2. The molecule has 0 aromatic heterocycles. The molecule has 2 atom stereocenters. The Kier molecular flexibility index (Phi) is 8.56. The number of aliphatic imine (C=N–C) groups is 1. The van der Waals surface area contributed by atoms with Crippen LogP contribution in [-0.2, 0) is 16.0 Å². The largest absolute Gasteiger partial charge is 0.375 e. The Labute approximate surface area is 172 Å². The first-order valence-corrected chi connectivity index (χ1v) is 9.19. The van der Waals surface area contributed by atoms with E-state index in [0.717, 1.165) is 50.6 Å². The minimum atomic E-state index is -0.174. The van der Waals surface area contributed by atoms with E-state index in [2.05, 4.69) is 17.1 Å². The maximum Gasteiger partial charge on any atom is 0.194 e. The van der Waals surface area contributed by atoms with E-state index >= 15 is 0 Å². The van der Waals surface area contributed by atoms with Crippen molar-refractivity contribution in [3.05, 3.63) is 35.1 Å². The van der Waals surface area contributed by atoms with Crippen molar-refractivity contribution in [1.29, 1.82) is 0 Å². The summed E-state index contributed by atoms with van der Waals surface area (Å²) >= 11 is 0. The summed E-state index contributed by atoms with van der Waals surface area (Å²) in [7, 11) is 0. The van der Waals surface area contributed by atoms with Crippen molar-refractivity contribution in [2.45, 2.75) is 45.4 Å². The SMILES string of the molecule is CCNC(=NCc1ccc(F)c(C)c1)N1CCOC(C2CCCO2)C1.I. The molecule has 1 aromatic rings. The van der Waals surface area contributed by atoms with Crippen molar-refractivity contribution in [2.24, 2.45) is 4.99 Å². The molecule has 0 aliphatic carbocycles. The lowest BCUT2D eigenvalue weighted by Gasteiger charge is -2.37. The number of aryl methyl sites for hydroxylation is 1. The van der Waals surface area contributed by atoms with Crippen molar-refractivity contribution in [3.63, 3.8) is 0 Å². The quantitative estimate of drug-likeness (QED) is 0.412. The Morgan fingerprint density at radius 2 is 2.12 bits per heavy atom. The van der Waals surface area contributed by atoms with Crippen LogP contribution in [0.2, 0.25) is 0 Å². The van der Waals surface area contributed by atoms with Crippen LogP contribution < -0.4 is 5.32 Å². The van der Waals surface area contributed by atoms with E-state index in [9.17, 15) is 4.39 Å². The molecule has 1 N–H and O–H groups in total. The minimum Gasteiger partial charge on any atom is -0.375 e. The Bertz CT molecular complexity index is 608. The standard InChI is InChI=1S/C19H28FN3O2.HI/c1-3-21-19(22-12-15-6-7-16(20)14(2)11-15)23-8-10-25-18(13-23)17-5-4-9-24-17;/h6-7,11,17-18H,3-5,8-10,12-13H2,1-2H3,(H,21,22);1H. The second kappa shape index (κ2) is 10.4. The van der Waals surface area contributed by atoms with Crippen molar-refractivity contribution in [2.75, 3.05) is 32.8 Å². The van der Waals surface area contributed by atoms with Crippen LogP contribution in [-0.4, -0.2) is 55.9 Å². The fraction of sp³-hybridized carbons (Fsp3) is 0.632. The zero-order valence-corrected chi connectivity index (χ0v) is 17.9. The molecule has 2 unspecified atom stereocenters. The van der Waals surface area contributed by atoms with E-state index in [4.69, 9.17) is 14.5 Å². The van der Waals surface area contributed by atoms with E-state index < -0.39 is 0 Å². The molecule has 0 saturated carbocycles. The number of hydrogen-bond donors (Lipinski definition) is 1. The van der Waals surface area contributed by atoms with Crippen molar-refractivity contribution >= 4 is 29.9 Å². The third-order valence-electron chi connectivity index (χ3n) is 4.74. The van der Waals surface area contributed by atoms with Gasteiger partial charge in [0.15, 0.2) is 5.96 Å². The molecule has 5 nitrogen and oxygen atoms in total. The van der Waals surface area contributed by atoms with Crippen LogP contribution in [0.5, 0.6) is 0 Å². The van der Waals surface area contributed by atoms with Gasteiger partial charge in [-0.3, -0.25) is 0 Å². The number of guanidine groups is 1. The molecule has 2 saturated heterocycles. The van der Waals surface area contributed by atoms with E-state index in [-0.39, 0.29) is 42.0 Å². The lowest BCUT2D eigenvalue weighted by atomic mass is 10.1. The molecule has 0 spiro atoms. The van der Waals surface area contributed by atoms with Crippen molar-refractivity contribution < 1.29 is 13.9 Å². The molecule has 2 aliphatic heterocycles. The van der Waals surface area contributed by atoms with Crippen molar-refractivity contribution in [3.8, 4) is 0 Å². The van der Waals surface area contributed by atoms with Gasteiger partial charge in [0.2, 0.25) is 0 Å². The first kappa shape index (κ1) is 21.4. The zero-order chi connectivity index (χ0) is 17.6. The van der Waals surface area contributed by atoms with Crippen LogP contribution >= 0.6 is 24.0 Å². The summed E-state index contributed by atoms with van der Waals surface area (Å²) in [5.41, 5.74) is 1.67.